The Kier molecular flexibility index (Phi) is 3.77. The normalized spacial score (nSPS) is 23.8. The van der Waals surface area contributed by atoms with Crippen LogP contribution in [-0.4, -0.2) is 23.3 Å². The van der Waals surface area contributed by atoms with Gasteiger partial charge >= 0.3 is 5.97 Å². The van der Waals surface area contributed by atoms with Crippen molar-refractivity contribution in [2.45, 2.75) is 11.3 Å². The van der Waals surface area contributed by atoms with Crippen molar-refractivity contribution in [3.63, 3.8) is 0 Å². The maximum absolute atomic E-state index is 12.3. The van der Waals surface area contributed by atoms with Gasteiger partial charge in [0.1, 0.15) is 0 Å². The molecule has 0 N–H and O–H groups in total. The lowest BCUT2D eigenvalue weighted by Crippen LogP contribution is -2.15. The van der Waals surface area contributed by atoms with Gasteiger partial charge in [0, 0.05) is 11.5 Å². The summed E-state index contributed by atoms with van der Waals surface area (Å²) in [5.74, 6) is -1.06. The summed E-state index contributed by atoms with van der Waals surface area (Å²) in [4.78, 5) is 12.3. The third-order valence-electron chi connectivity index (χ3n) is 4.80. The van der Waals surface area contributed by atoms with E-state index in [1.807, 2.05) is 60.7 Å². The van der Waals surface area contributed by atoms with Crippen molar-refractivity contribution in [1.29, 1.82) is 5.26 Å². The molecular weight excluding hydrogens is 330 g/mol. The van der Waals surface area contributed by atoms with Crippen LogP contribution >= 0.6 is 0 Å². The SMILES string of the molecule is COC(=O)[C@H]1[C@H](c2ccccc2)[C@@]1(C#N)c1nnc(-c2ccccc2)o1. The zero-order chi connectivity index (χ0) is 18.1. The molecule has 6 heteroatoms. The summed E-state index contributed by atoms with van der Waals surface area (Å²) < 4.78 is 10.7. The number of carbonyl (C=O) groups excluding carboxylic acids is 1. The number of nitrogens with zero attached hydrogens (tertiary/aromatic N) is 3. The Labute approximate surface area is 150 Å². The monoisotopic (exact) mass is 345 g/mol. The zero-order valence-corrected chi connectivity index (χ0v) is 14.0. The van der Waals surface area contributed by atoms with Crippen LogP contribution in [-0.2, 0) is 14.9 Å². The number of hydrogen-bond acceptors (Lipinski definition) is 6. The van der Waals surface area contributed by atoms with E-state index in [4.69, 9.17) is 9.15 Å². The predicted octanol–water partition coefficient (Wildman–Crippen LogP) is 3.08. The number of rotatable bonds is 4. The average molecular weight is 345 g/mol. The molecule has 1 fully saturated rings. The van der Waals surface area contributed by atoms with Crippen molar-refractivity contribution < 1.29 is 13.9 Å². The molecule has 0 saturated heterocycles. The summed E-state index contributed by atoms with van der Waals surface area (Å²) in [7, 11) is 1.31. The van der Waals surface area contributed by atoms with Crippen LogP contribution in [0.4, 0.5) is 0 Å². The highest BCUT2D eigenvalue weighted by Gasteiger charge is 2.74. The number of nitriles is 1. The minimum Gasteiger partial charge on any atom is -0.469 e. The largest absolute Gasteiger partial charge is 0.469 e. The van der Waals surface area contributed by atoms with Gasteiger partial charge in [-0.25, -0.2) is 0 Å². The standard InChI is InChI=1S/C20H15N3O3/c1-25-18(24)16-15(13-8-4-2-5-9-13)20(16,12-21)19-23-22-17(26-19)14-10-6-3-7-11-14/h2-11,15-16H,1H3/t15-,16+,20+/m0/s1. The van der Waals surface area contributed by atoms with E-state index in [0.29, 0.717) is 5.89 Å². The minimum atomic E-state index is -1.21. The van der Waals surface area contributed by atoms with E-state index >= 15 is 0 Å². The third kappa shape index (κ3) is 2.29. The van der Waals surface area contributed by atoms with Crippen LogP contribution in [0.25, 0.3) is 11.5 Å². The number of aromatic nitrogens is 2. The van der Waals surface area contributed by atoms with Crippen LogP contribution in [0.3, 0.4) is 0 Å². The molecule has 3 atom stereocenters. The van der Waals surface area contributed by atoms with E-state index < -0.39 is 17.3 Å². The van der Waals surface area contributed by atoms with Gasteiger partial charge in [-0.15, -0.1) is 10.2 Å². The lowest BCUT2D eigenvalue weighted by atomic mass is 10.0. The molecule has 0 amide bonds. The van der Waals surface area contributed by atoms with Crippen molar-refractivity contribution in [2.24, 2.45) is 5.92 Å². The summed E-state index contributed by atoms with van der Waals surface area (Å²) in [6.07, 6.45) is 0. The van der Waals surface area contributed by atoms with Gasteiger partial charge in [-0.05, 0) is 17.7 Å². The molecule has 1 aromatic heterocycles. The molecule has 26 heavy (non-hydrogen) atoms. The number of ether oxygens (including phenoxy) is 1. The summed E-state index contributed by atoms with van der Waals surface area (Å²) in [6.45, 7) is 0. The predicted molar refractivity (Wildman–Crippen MR) is 91.7 cm³/mol. The Morgan fingerprint density at radius 2 is 1.77 bits per heavy atom. The first-order chi connectivity index (χ1) is 12.7. The fourth-order valence-corrected chi connectivity index (χ4v) is 3.49. The quantitative estimate of drug-likeness (QED) is 0.675. The molecule has 0 spiro atoms. The first kappa shape index (κ1) is 16.0. The number of methoxy groups -OCH3 is 1. The molecule has 4 rings (SSSR count). The minimum absolute atomic E-state index is 0.142. The van der Waals surface area contributed by atoms with Gasteiger partial charge in [0.25, 0.3) is 0 Å². The van der Waals surface area contributed by atoms with Gasteiger partial charge in [0.05, 0.1) is 19.1 Å². The molecule has 1 aliphatic rings. The van der Waals surface area contributed by atoms with Gasteiger partial charge in [-0.2, -0.15) is 5.26 Å². The fraction of sp³-hybridized carbons (Fsp3) is 0.200. The summed E-state index contributed by atoms with van der Waals surface area (Å²) in [5, 5.41) is 18.1. The highest BCUT2D eigenvalue weighted by atomic mass is 16.5. The molecular formula is C20H15N3O3. The topological polar surface area (TPSA) is 89.0 Å². The van der Waals surface area contributed by atoms with Gasteiger partial charge < -0.3 is 9.15 Å². The van der Waals surface area contributed by atoms with Crippen LogP contribution in [0.1, 0.15) is 17.4 Å². The molecule has 128 valence electrons. The van der Waals surface area contributed by atoms with Crippen molar-refractivity contribution in [2.75, 3.05) is 7.11 Å². The van der Waals surface area contributed by atoms with E-state index in [0.717, 1.165) is 11.1 Å². The lowest BCUT2D eigenvalue weighted by Gasteiger charge is -2.03. The molecule has 1 heterocycles. The third-order valence-corrected chi connectivity index (χ3v) is 4.80. The van der Waals surface area contributed by atoms with E-state index in [1.165, 1.54) is 7.11 Å². The second-order valence-electron chi connectivity index (χ2n) is 6.15. The van der Waals surface area contributed by atoms with Gasteiger partial charge in [-0.1, -0.05) is 48.5 Å². The Bertz CT molecular complexity index is 978. The van der Waals surface area contributed by atoms with Crippen LogP contribution in [0.15, 0.2) is 65.1 Å². The molecule has 1 saturated carbocycles. The second-order valence-corrected chi connectivity index (χ2v) is 6.15. The smallest absolute Gasteiger partial charge is 0.311 e. The Hall–Kier alpha value is -3.46. The van der Waals surface area contributed by atoms with E-state index in [-0.39, 0.29) is 11.8 Å². The van der Waals surface area contributed by atoms with Gasteiger partial charge in [0.15, 0.2) is 5.41 Å². The van der Waals surface area contributed by atoms with Crippen LogP contribution < -0.4 is 0 Å². The van der Waals surface area contributed by atoms with Crippen LogP contribution in [0.2, 0.25) is 0 Å². The van der Waals surface area contributed by atoms with E-state index in [9.17, 15) is 10.1 Å². The highest BCUT2D eigenvalue weighted by Crippen LogP contribution is 2.65. The average Bonchev–Trinajstić information content (AvgIpc) is 3.14. The van der Waals surface area contributed by atoms with Gasteiger partial charge in [-0.3, -0.25) is 4.79 Å². The van der Waals surface area contributed by atoms with Crippen molar-refractivity contribution >= 4 is 5.97 Å². The maximum Gasteiger partial charge on any atom is 0.311 e. The molecule has 0 unspecified atom stereocenters. The van der Waals surface area contributed by atoms with Crippen molar-refractivity contribution in [3.8, 4) is 17.5 Å². The number of hydrogen-bond donors (Lipinski definition) is 0. The molecule has 6 nitrogen and oxygen atoms in total. The summed E-state index contributed by atoms with van der Waals surface area (Å²) in [6, 6.07) is 20.9. The Balaban J connectivity index is 1.78. The number of carbonyl (C=O) groups is 1. The summed E-state index contributed by atoms with van der Waals surface area (Å²) in [5.41, 5.74) is 0.406. The Morgan fingerprint density at radius 3 is 2.38 bits per heavy atom. The summed E-state index contributed by atoms with van der Waals surface area (Å²) >= 11 is 0. The first-order valence-corrected chi connectivity index (χ1v) is 8.15. The number of esters is 1. The first-order valence-electron chi connectivity index (χ1n) is 8.15. The van der Waals surface area contributed by atoms with Crippen LogP contribution in [0, 0.1) is 17.2 Å². The zero-order valence-electron chi connectivity index (χ0n) is 14.0. The molecule has 2 aromatic carbocycles. The van der Waals surface area contributed by atoms with Crippen molar-refractivity contribution in [3.05, 3.63) is 72.1 Å². The maximum atomic E-state index is 12.3. The molecule has 0 radical (unpaired) electrons. The van der Waals surface area contributed by atoms with E-state index in [2.05, 4.69) is 16.3 Å². The lowest BCUT2D eigenvalue weighted by molar-refractivity contribution is -0.142. The Morgan fingerprint density at radius 1 is 1.12 bits per heavy atom. The highest BCUT2D eigenvalue weighted by molar-refractivity contribution is 5.83. The van der Waals surface area contributed by atoms with Crippen LogP contribution in [0.5, 0.6) is 0 Å². The molecule has 0 aliphatic heterocycles. The van der Waals surface area contributed by atoms with Gasteiger partial charge in [0.2, 0.25) is 11.8 Å². The molecule has 3 aromatic rings. The van der Waals surface area contributed by atoms with E-state index in [1.54, 1.807) is 0 Å². The molecule has 1 aliphatic carbocycles. The fourth-order valence-electron chi connectivity index (χ4n) is 3.49. The molecule has 0 bridgehead atoms. The van der Waals surface area contributed by atoms with Crippen molar-refractivity contribution in [1.82, 2.24) is 10.2 Å². The second kappa shape index (κ2) is 6.12. The number of benzene rings is 2.